The van der Waals surface area contributed by atoms with Gasteiger partial charge in [-0.1, -0.05) is 43.3 Å². The van der Waals surface area contributed by atoms with Crippen LogP contribution in [0.2, 0.25) is 0 Å². The zero-order valence-electron chi connectivity index (χ0n) is 13.1. The molecule has 2 N–H and O–H groups in total. The largest absolute Gasteiger partial charge is 0.289 e. The van der Waals surface area contributed by atoms with E-state index < -0.39 is 21.3 Å². The van der Waals surface area contributed by atoms with E-state index in [2.05, 4.69) is 0 Å². The number of hydroxylamine groups is 1. The Morgan fingerprint density at radius 3 is 2.46 bits per heavy atom. The zero-order valence-corrected chi connectivity index (χ0v) is 14.0. The van der Waals surface area contributed by atoms with Crippen molar-refractivity contribution in [2.75, 3.05) is 10.8 Å². The highest BCUT2D eigenvalue weighted by Crippen LogP contribution is 2.44. The lowest BCUT2D eigenvalue weighted by Gasteiger charge is -2.25. The number of anilines is 1. The number of amides is 1. The van der Waals surface area contributed by atoms with Gasteiger partial charge in [0.25, 0.3) is 10.0 Å². The highest BCUT2D eigenvalue weighted by Gasteiger charge is 2.44. The summed E-state index contributed by atoms with van der Waals surface area (Å²) in [6.45, 7) is 1.96. The van der Waals surface area contributed by atoms with Crippen LogP contribution in [0.25, 0.3) is 0 Å². The summed E-state index contributed by atoms with van der Waals surface area (Å²) < 4.78 is 27.4. The van der Waals surface area contributed by atoms with Crippen molar-refractivity contribution in [3.05, 3.63) is 60.2 Å². The molecule has 0 aliphatic carbocycles. The standard InChI is InChI=1S/C17H18N2O4S/c1-17(11-16(20)18-21)12-19(15-10-6-5-9-14(15)17)24(22,23)13-7-3-2-4-8-13/h2-10,21H,11-12H2,1H3,(H,18,20). The van der Waals surface area contributed by atoms with Crippen molar-refractivity contribution in [3.8, 4) is 0 Å². The molecule has 24 heavy (non-hydrogen) atoms. The van der Waals surface area contributed by atoms with Crippen molar-refractivity contribution < 1.29 is 18.4 Å². The molecule has 0 radical (unpaired) electrons. The van der Waals surface area contributed by atoms with Crippen LogP contribution >= 0.6 is 0 Å². The van der Waals surface area contributed by atoms with Gasteiger partial charge in [0, 0.05) is 18.4 Å². The van der Waals surface area contributed by atoms with Crippen LogP contribution in [0.15, 0.2) is 59.5 Å². The third-order valence-electron chi connectivity index (χ3n) is 4.32. The molecule has 0 fully saturated rings. The Morgan fingerprint density at radius 2 is 1.79 bits per heavy atom. The average Bonchev–Trinajstić information content (AvgIpc) is 2.89. The fraction of sp³-hybridized carbons (Fsp3) is 0.235. The summed E-state index contributed by atoms with van der Waals surface area (Å²) >= 11 is 0. The maximum Gasteiger partial charge on any atom is 0.264 e. The summed E-state index contributed by atoms with van der Waals surface area (Å²) in [6.07, 6.45) is -0.0126. The molecule has 1 aliphatic rings. The summed E-state index contributed by atoms with van der Waals surface area (Å²) in [4.78, 5) is 11.9. The molecule has 126 valence electrons. The zero-order chi connectivity index (χ0) is 17.4. The SMILES string of the molecule is CC1(CC(=O)NO)CN(S(=O)(=O)c2ccccc2)c2ccccc21. The second-order valence-electron chi connectivity index (χ2n) is 6.11. The average molecular weight is 346 g/mol. The maximum atomic E-state index is 13.0. The van der Waals surface area contributed by atoms with Gasteiger partial charge in [-0.15, -0.1) is 0 Å². The Labute approximate surface area is 140 Å². The van der Waals surface area contributed by atoms with Crippen LogP contribution in [0, 0.1) is 0 Å². The number of fused-ring (bicyclic) bond motifs is 1. The Kier molecular flexibility index (Phi) is 4.06. The first-order valence-corrected chi connectivity index (χ1v) is 8.93. The maximum absolute atomic E-state index is 13.0. The van der Waals surface area contributed by atoms with E-state index in [4.69, 9.17) is 5.21 Å². The van der Waals surface area contributed by atoms with Crippen molar-refractivity contribution in [1.82, 2.24) is 5.48 Å². The Bertz CT molecular complexity index is 867. The predicted molar refractivity (Wildman–Crippen MR) is 89.3 cm³/mol. The van der Waals surface area contributed by atoms with Gasteiger partial charge in [0.05, 0.1) is 10.6 Å². The third kappa shape index (κ3) is 2.65. The van der Waals surface area contributed by atoms with Gasteiger partial charge in [-0.25, -0.2) is 13.9 Å². The molecule has 0 spiro atoms. The molecule has 1 amide bonds. The normalized spacial score (nSPS) is 19.8. The van der Waals surface area contributed by atoms with Gasteiger partial charge in [0.1, 0.15) is 0 Å². The fourth-order valence-electron chi connectivity index (χ4n) is 3.17. The number of sulfonamides is 1. The first-order valence-electron chi connectivity index (χ1n) is 7.49. The first kappa shape index (κ1) is 16.5. The monoisotopic (exact) mass is 346 g/mol. The number of para-hydroxylation sites is 1. The van der Waals surface area contributed by atoms with Crippen LogP contribution in [-0.4, -0.2) is 26.1 Å². The fourth-order valence-corrected chi connectivity index (χ4v) is 4.80. The number of nitrogens with zero attached hydrogens (tertiary/aromatic N) is 1. The Morgan fingerprint density at radius 1 is 1.17 bits per heavy atom. The molecule has 3 rings (SSSR count). The van der Waals surface area contributed by atoms with Gasteiger partial charge in [-0.05, 0) is 23.8 Å². The number of hydrogen-bond donors (Lipinski definition) is 2. The van der Waals surface area contributed by atoms with Gasteiger partial charge >= 0.3 is 0 Å². The number of carbonyl (C=O) groups is 1. The van der Waals surface area contributed by atoms with E-state index in [9.17, 15) is 13.2 Å². The molecular weight excluding hydrogens is 328 g/mol. The summed E-state index contributed by atoms with van der Waals surface area (Å²) in [5.41, 5.74) is 2.25. The second kappa shape index (κ2) is 5.92. The minimum Gasteiger partial charge on any atom is -0.289 e. The lowest BCUT2D eigenvalue weighted by atomic mass is 9.81. The summed E-state index contributed by atoms with van der Waals surface area (Å²) in [6, 6.07) is 15.3. The number of benzene rings is 2. The third-order valence-corrected chi connectivity index (χ3v) is 6.10. The van der Waals surface area contributed by atoms with Crippen molar-refractivity contribution in [2.45, 2.75) is 23.7 Å². The van der Waals surface area contributed by atoms with Gasteiger partial charge in [-0.2, -0.15) is 0 Å². The summed E-state index contributed by atoms with van der Waals surface area (Å²) in [5, 5.41) is 8.83. The molecule has 0 saturated heterocycles. The Hall–Kier alpha value is -2.38. The quantitative estimate of drug-likeness (QED) is 0.655. The summed E-state index contributed by atoms with van der Waals surface area (Å²) in [5.74, 6) is -0.550. The smallest absolute Gasteiger partial charge is 0.264 e. The highest BCUT2D eigenvalue weighted by molar-refractivity contribution is 7.92. The molecule has 1 aliphatic heterocycles. The van der Waals surface area contributed by atoms with Crippen molar-refractivity contribution in [3.63, 3.8) is 0 Å². The minimum absolute atomic E-state index is 0.0126. The molecule has 1 atom stereocenters. The molecule has 7 heteroatoms. The molecule has 2 aromatic rings. The number of hydrogen-bond acceptors (Lipinski definition) is 4. The molecule has 0 bridgehead atoms. The Balaban J connectivity index is 2.08. The second-order valence-corrected chi connectivity index (χ2v) is 7.98. The highest BCUT2D eigenvalue weighted by atomic mass is 32.2. The minimum atomic E-state index is -3.73. The molecular formula is C17H18N2O4S. The molecule has 1 unspecified atom stereocenters. The van der Waals surface area contributed by atoms with Crippen LogP contribution in [0.3, 0.4) is 0 Å². The molecule has 0 saturated carbocycles. The van der Waals surface area contributed by atoms with Crippen molar-refractivity contribution >= 4 is 21.6 Å². The van der Waals surface area contributed by atoms with Gasteiger partial charge in [0.15, 0.2) is 0 Å². The van der Waals surface area contributed by atoms with Crippen LogP contribution in [0.5, 0.6) is 0 Å². The number of carbonyl (C=O) groups excluding carboxylic acids is 1. The summed E-state index contributed by atoms with van der Waals surface area (Å²) in [7, 11) is -3.73. The van der Waals surface area contributed by atoms with Crippen LogP contribution < -0.4 is 9.79 Å². The van der Waals surface area contributed by atoms with Crippen molar-refractivity contribution in [2.24, 2.45) is 0 Å². The van der Waals surface area contributed by atoms with Crippen LogP contribution in [0.4, 0.5) is 5.69 Å². The van der Waals surface area contributed by atoms with Crippen LogP contribution in [-0.2, 0) is 20.2 Å². The predicted octanol–water partition coefficient (Wildman–Crippen LogP) is 2.05. The van der Waals surface area contributed by atoms with E-state index >= 15 is 0 Å². The van der Waals surface area contributed by atoms with Gasteiger partial charge in [-0.3, -0.25) is 14.3 Å². The lowest BCUT2D eigenvalue weighted by molar-refractivity contribution is -0.130. The number of nitrogens with one attached hydrogen (secondary N) is 1. The first-order chi connectivity index (χ1) is 11.4. The molecule has 0 aromatic heterocycles. The van der Waals surface area contributed by atoms with E-state index in [1.54, 1.807) is 47.9 Å². The molecule has 2 aromatic carbocycles. The van der Waals surface area contributed by atoms with E-state index in [-0.39, 0.29) is 17.9 Å². The van der Waals surface area contributed by atoms with Crippen molar-refractivity contribution in [1.29, 1.82) is 0 Å². The van der Waals surface area contributed by atoms with Gasteiger partial charge in [0.2, 0.25) is 5.91 Å². The molecule has 1 heterocycles. The van der Waals surface area contributed by atoms with E-state index in [0.717, 1.165) is 5.56 Å². The van der Waals surface area contributed by atoms with E-state index in [0.29, 0.717) is 5.69 Å². The lowest BCUT2D eigenvalue weighted by Crippen LogP contribution is -2.38. The van der Waals surface area contributed by atoms with E-state index in [1.807, 2.05) is 19.1 Å². The van der Waals surface area contributed by atoms with Crippen LogP contribution in [0.1, 0.15) is 18.9 Å². The topological polar surface area (TPSA) is 86.7 Å². The number of rotatable bonds is 4. The molecule has 6 nitrogen and oxygen atoms in total. The van der Waals surface area contributed by atoms with E-state index in [1.165, 1.54) is 4.31 Å². The van der Waals surface area contributed by atoms with Gasteiger partial charge < -0.3 is 0 Å².